The highest BCUT2D eigenvalue weighted by Crippen LogP contribution is 2.22. The quantitative estimate of drug-likeness (QED) is 0.523. The summed E-state index contributed by atoms with van der Waals surface area (Å²) in [4.78, 5) is 3.91. The van der Waals surface area contributed by atoms with E-state index >= 15 is 0 Å². The van der Waals surface area contributed by atoms with Gasteiger partial charge in [0.2, 0.25) is 0 Å². The van der Waals surface area contributed by atoms with E-state index in [1.54, 1.807) is 13.2 Å². The first-order valence-corrected chi connectivity index (χ1v) is 3.87. The van der Waals surface area contributed by atoms with E-state index in [2.05, 4.69) is 4.99 Å². The summed E-state index contributed by atoms with van der Waals surface area (Å²) in [5.41, 5.74) is 12.2. The van der Waals surface area contributed by atoms with E-state index in [9.17, 15) is 0 Å². The van der Waals surface area contributed by atoms with Crippen molar-refractivity contribution in [2.75, 3.05) is 7.11 Å². The van der Waals surface area contributed by atoms with Gasteiger partial charge in [-0.2, -0.15) is 0 Å². The topological polar surface area (TPSA) is 73.6 Å². The van der Waals surface area contributed by atoms with Gasteiger partial charge in [-0.1, -0.05) is 0 Å². The standard InChI is InChI=1S/C9H13N3O/c1-6-5-7(12-9(10)11)3-4-8(6)13-2/h3-5H,1-2H3,(H4,10,11,12). The second-order valence-electron chi connectivity index (χ2n) is 2.69. The molecule has 13 heavy (non-hydrogen) atoms. The lowest BCUT2D eigenvalue weighted by Gasteiger charge is -2.04. The van der Waals surface area contributed by atoms with Gasteiger partial charge in [-0.05, 0) is 30.7 Å². The second-order valence-corrected chi connectivity index (χ2v) is 2.69. The minimum Gasteiger partial charge on any atom is -0.496 e. The molecule has 1 rings (SSSR count). The van der Waals surface area contributed by atoms with Gasteiger partial charge in [-0.15, -0.1) is 0 Å². The molecule has 0 spiro atoms. The van der Waals surface area contributed by atoms with E-state index < -0.39 is 0 Å². The van der Waals surface area contributed by atoms with Crippen LogP contribution in [-0.4, -0.2) is 13.1 Å². The molecule has 0 heterocycles. The van der Waals surface area contributed by atoms with Gasteiger partial charge in [0.05, 0.1) is 12.8 Å². The van der Waals surface area contributed by atoms with Crippen LogP contribution in [0.15, 0.2) is 23.2 Å². The van der Waals surface area contributed by atoms with Gasteiger partial charge in [0, 0.05) is 0 Å². The summed E-state index contributed by atoms with van der Waals surface area (Å²) in [7, 11) is 1.63. The van der Waals surface area contributed by atoms with Crippen molar-refractivity contribution in [3.63, 3.8) is 0 Å². The zero-order valence-electron chi connectivity index (χ0n) is 7.74. The van der Waals surface area contributed by atoms with Crippen molar-refractivity contribution < 1.29 is 4.74 Å². The molecule has 4 heteroatoms. The van der Waals surface area contributed by atoms with Gasteiger partial charge in [0.1, 0.15) is 5.75 Å². The predicted molar refractivity (Wildman–Crippen MR) is 53.2 cm³/mol. The van der Waals surface area contributed by atoms with Gasteiger partial charge >= 0.3 is 0 Å². The van der Waals surface area contributed by atoms with Crippen LogP contribution in [0.5, 0.6) is 5.75 Å². The van der Waals surface area contributed by atoms with Crippen LogP contribution in [-0.2, 0) is 0 Å². The second kappa shape index (κ2) is 3.80. The number of hydrogen-bond donors (Lipinski definition) is 2. The third-order valence-corrected chi connectivity index (χ3v) is 1.64. The molecule has 0 fully saturated rings. The third kappa shape index (κ3) is 2.37. The molecule has 0 aliphatic carbocycles. The fourth-order valence-corrected chi connectivity index (χ4v) is 1.08. The minimum atomic E-state index is 0.0598. The molecule has 0 radical (unpaired) electrons. The number of rotatable bonds is 2. The van der Waals surface area contributed by atoms with E-state index in [1.165, 1.54) is 0 Å². The summed E-state index contributed by atoms with van der Waals surface area (Å²) in [6.07, 6.45) is 0. The molecule has 0 saturated heterocycles. The number of hydrogen-bond acceptors (Lipinski definition) is 2. The summed E-state index contributed by atoms with van der Waals surface area (Å²) < 4.78 is 5.09. The number of nitrogens with two attached hydrogens (primary N) is 2. The van der Waals surface area contributed by atoms with E-state index in [1.807, 2.05) is 19.1 Å². The lowest BCUT2D eigenvalue weighted by Crippen LogP contribution is -2.21. The van der Waals surface area contributed by atoms with Crippen molar-refractivity contribution >= 4 is 11.6 Å². The summed E-state index contributed by atoms with van der Waals surface area (Å²) >= 11 is 0. The average molecular weight is 179 g/mol. The fourth-order valence-electron chi connectivity index (χ4n) is 1.08. The highest BCUT2D eigenvalue weighted by atomic mass is 16.5. The van der Waals surface area contributed by atoms with Gasteiger partial charge in [-0.25, -0.2) is 4.99 Å². The number of benzene rings is 1. The Morgan fingerprint density at radius 1 is 1.38 bits per heavy atom. The van der Waals surface area contributed by atoms with Crippen LogP contribution in [0.1, 0.15) is 5.56 Å². The lowest BCUT2D eigenvalue weighted by molar-refractivity contribution is 0.412. The van der Waals surface area contributed by atoms with Crippen molar-refractivity contribution in [1.82, 2.24) is 0 Å². The maximum Gasteiger partial charge on any atom is 0.191 e. The summed E-state index contributed by atoms with van der Waals surface area (Å²) in [6.45, 7) is 1.94. The first kappa shape index (κ1) is 9.38. The highest BCUT2D eigenvalue weighted by molar-refractivity contribution is 5.79. The van der Waals surface area contributed by atoms with E-state index in [0.717, 1.165) is 17.0 Å². The minimum absolute atomic E-state index is 0.0598. The number of ether oxygens (including phenoxy) is 1. The van der Waals surface area contributed by atoms with Crippen molar-refractivity contribution in [3.8, 4) is 5.75 Å². The molecule has 0 aliphatic rings. The van der Waals surface area contributed by atoms with Crippen molar-refractivity contribution in [2.45, 2.75) is 6.92 Å². The Kier molecular flexibility index (Phi) is 2.74. The van der Waals surface area contributed by atoms with E-state index in [-0.39, 0.29) is 5.96 Å². The molecule has 0 atom stereocenters. The molecule has 1 aromatic rings. The van der Waals surface area contributed by atoms with Crippen LogP contribution in [0.3, 0.4) is 0 Å². The lowest BCUT2D eigenvalue weighted by atomic mass is 10.2. The number of aliphatic imine (C=N–C) groups is 1. The molecule has 4 N–H and O–H groups in total. The van der Waals surface area contributed by atoms with Crippen LogP contribution in [0.4, 0.5) is 5.69 Å². The molecule has 0 amide bonds. The highest BCUT2D eigenvalue weighted by Gasteiger charge is 1.98. The van der Waals surface area contributed by atoms with Crippen LogP contribution in [0.2, 0.25) is 0 Å². The number of aryl methyl sites for hydroxylation is 1. The molecule has 0 aliphatic heterocycles. The largest absolute Gasteiger partial charge is 0.496 e. The fraction of sp³-hybridized carbons (Fsp3) is 0.222. The summed E-state index contributed by atoms with van der Waals surface area (Å²) in [5, 5.41) is 0. The first-order chi connectivity index (χ1) is 6.13. The average Bonchev–Trinajstić information content (AvgIpc) is 2.03. The van der Waals surface area contributed by atoms with Gasteiger partial charge in [-0.3, -0.25) is 0 Å². The summed E-state index contributed by atoms with van der Waals surface area (Å²) in [6, 6.07) is 5.49. The van der Waals surface area contributed by atoms with Crippen LogP contribution < -0.4 is 16.2 Å². The van der Waals surface area contributed by atoms with E-state index in [0.29, 0.717) is 0 Å². The molecule has 1 aromatic carbocycles. The monoisotopic (exact) mass is 179 g/mol. The van der Waals surface area contributed by atoms with Crippen LogP contribution in [0.25, 0.3) is 0 Å². The molecule has 0 saturated carbocycles. The number of methoxy groups -OCH3 is 1. The molecule has 0 unspecified atom stereocenters. The Hall–Kier alpha value is -1.71. The molecule has 70 valence electrons. The smallest absolute Gasteiger partial charge is 0.191 e. The van der Waals surface area contributed by atoms with Crippen molar-refractivity contribution in [3.05, 3.63) is 23.8 Å². The Morgan fingerprint density at radius 3 is 2.54 bits per heavy atom. The van der Waals surface area contributed by atoms with Crippen molar-refractivity contribution in [1.29, 1.82) is 0 Å². The molecule has 0 bridgehead atoms. The zero-order valence-corrected chi connectivity index (χ0v) is 7.74. The predicted octanol–water partition coefficient (Wildman–Crippen LogP) is 0.909. The molecular weight excluding hydrogens is 166 g/mol. The zero-order chi connectivity index (χ0) is 9.84. The van der Waals surface area contributed by atoms with Crippen LogP contribution in [0, 0.1) is 6.92 Å². The van der Waals surface area contributed by atoms with Gasteiger partial charge < -0.3 is 16.2 Å². The van der Waals surface area contributed by atoms with Crippen molar-refractivity contribution in [2.24, 2.45) is 16.5 Å². The SMILES string of the molecule is COc1ccc(N=C(N)N)cc1C. The van der Waals surface area contributed by atoms with Crippen LogP contribution >= 0.6 is 0 Å². The Bertz CT molecular complexity index is 330. The first-order valence-electron chi connectivity index (χ1n) is 3.87. The van der Waals surface area contributed by atoms with E-state index in [4.69, 9.17) is 16.2 Å². The Labute approximate surface area is 77.2 Å². The number of nitrogens with zero attached hydrogens (tertiary/aromatic N) is 1. The third-order valence-electron chi connectivity index (χ3n) is 1.64. The maximum atomic E-state index is 5.24. The Balaban J connectivity index is 3.03. The molecule has 0 aromatic heterocycles. The molecule has 4 nitrogen and oxygen atoms in total. The van der Waals surface area contributed by atoms with Gasteiger partial charge in [0.15, 0.2) is 5.96 Å². The maximum absolute atomic E-state index is 5.24. The normalized spacial score (nSPS) is 9.38. The summed E-state index contributed by atoms with van der Waals surface area (Å²) in [5.74, 6) is 0.888. The molecular formula is C9H13N3O. The van der Waals surface area contributed by atoms with Gasteiger partial charge in [0.25, 0.3) is 0 Å². The Morgan fingerprint density at radius 2 is 2.08 bits per heavy atom. The number of guanidine groups is 1.